The molecule has 1 aromatic carbocycles. The molecule has 1 aromatic heterocycles. The van der Waals surface area contributed by atoms with Gasteiger partial charge in [0, 0.05) is 16.5 Å². The highest BCUT2D eigenvalue weighted by Crippen LogP contribution is 2.42. The Morgan fingerprint density at radius 2 is 2.00 bits per heavy atom. The Morgan fingerprint density at radius 1 is 1.28 bits per heavy atom. The van der Waals surface area contributed by atoms with Crippen LogP contribution in [0.1, 0.15) is 34.1 Å². The number of aromatic nitrogens is 2. The Kier molecular flexibility index (Phi) is 3.01. The number of hydrogen-bond acceptors (Lipinski definition) is 4. The standard InChI is InChI=1S/C12H10ClN3OS/c13-9-5-3-7(4-6-9)10(17)14-12-16-15-11(18-12)8-1-2-8/h3-6,8H,1-2H2,(H,14,16,17). The molecule has 0 saturated heterocycles. The fourth-order valence-corrected chi connectivity index (χ4v) is 2.58. The molecule has 4 nitrogen and oxygen atoms in total. The summed E-state index contributed by atoms with van der Waals surface area (Å²) < 4.78 is 0. The summed E-state index contributed by atoms with van der Waals surface area (Å²) in [5.74, 6) is 0.369. The molecule has 0 aliphatic heterocycles. The Balaban J connectivity index is 1.70. The van der Waals surface area contributed by atoms with Crippen LogP contribution in [-0.2, 0) is 0 Å². The van der Waals surface area contributed by atoms with Crippen LogP contribution in [0.2, 0.25) is 5.02 Å². The highest BCUT2D eigenvalue weighted by Gasteiger charge is 2.27. The first-order valence-electron chi connectivity index (χ1n) is 5.63. The summed E-state index contributed by atoms with van der Waals surface area (Å²) in [5, 5.41) is 13.0. The maximum Gasteiger partial charge on any atom is 0.257 e. The van der Waals surface area contributed by atoms with Crippen LogP contribution < -0.4 is 5.32 Å². The van der Waals surface area contributed by atoms with Crippen molar-refractivity contribution in [3.8, 4) is 0 Å². The summed E-state index contributed by atoms with van der Waals surface area (Å²) in [5.41, 5.74) is 0.558. The van der Waals surface area contributed by atoms with E-state index in [0.717, 1.165) is 5.01 Å². The SMILES string of the molecule is O=C(Nc1nnc(C2CC2)s1)c1ccc(Cl)cc1. The molecule has 1 aliphatic rings. The van der Waals surface area contributed by atoms with Crippen molar-refractivity contribution in [1.29, 1.82) is 0 Å². The van der Waals surface area contributed by atoms with E-state index >= 15 is 0 Å². The Hall–Kier alpha value is -1.46. The van der Waals surface area contributed by atoms with Gasteiger partial charge in [0.25, 0.3) is 5.91 Å². The number of nitrogens with one attached hydrogen (secondary N) is 1. The van der Waals surface area contributed by atoms with E-state index in [0.29, 0.717) is 21.6 Å². The van der Waals surface area contributed by atoms with Crippen LogP contribution in [-0.4, -0.2) is 16.1 Å². The van der Waals surface area contributed by atoms with Crippen molar-refractivity contribution in [1.82, 2.24) is 10.2 Å². The minimum Gasteiger partial charge on any atom is -0.296 e. The van der Waals surface area contributed by atoms with Crippen LogP contribution >= 0.6 is 22.9 Å². The number of benzene rings is 1. The van der Waals surface area contributed by atoms with Crippen LogP contribution in [0.5, 0.6) is 0 Å². The second-order valence-corrected chi connectivity index (χ2v) is 5.63. The van der Waals surface area contributed by atoms with Gasteiger partial charge in [-0.3, -0.25) is 10.1 Å². The summed E-state index contributed by atoms with van der Waals surface area (Å²) in [4.78, 5) is 11.9. The van der Waals surface area contributed by atoms with E-state index in [1.54, 1.807) is 24.3 Å². The first-order valence-corrected chi connectivity index (χ1v) is 6.82. The lowest BCUT2D eigenvalue weighted by molar-refractivity contribution is 0.102. The van der Waals surface area contributed by atoms with Gasteiger partial charge in [-0.2, -0.15) is 0 Å². The van der Waals surface area contributed by atoms with E-state index < -0.39 is 0 Å². The number of carbonyl (C=O) groups is 1. The number of rotatable bonds is 3. The molecule has 1 amide bonds. The first kappa shape index (κ1) is 11.6. The molecule has 6 heteroatoms. The molecular weight excluding hydrogens is 270 g/mol. The average molecular weight is 280 g/mol. The van der Waals surface area contributed by atoms with Crippen LogP contribution in [0.3, 0.4) is 0 Å². The summed E-state index contributed by atoms with van der Waals surface area (Å²) >= 11 is 7.22. The van der Waals surface area contributed by atoms with Gasteiger partial charge in [0.2, 0.25) is 5.13 Å². The van der Waals surface area contributed by atoms with Gasteiger partial charge in [0.1, 0.15) is 5.01 Å². The molecule has 0 spiro atoms. The third-order valence-corrected chi connectivity index (χ3v) is 3.95. The van der Waals surface area contributed by atoms with Crippen molar-refractivity contribution in [3.63, 3.8) is 0 Å². The zero-order chi connectivity index (χ0) is 12.5. The lowest BCUT2D eigenvalue weighted by Crippen LogP contribution is -2.11. The van der Waals surface area contributed by atoms with E-state index in [9.17, 15) is 4.79 Å². The van der Waals surface area contributed by atoms with Crippen molar-refractivity contribution in [2.75, 3.05) is 5.32 Å². The lowest BCUT2D eigenvalue weighted by Gasteiger charge is -2.00. The Morgan fingerprint density at radius 3 is 2.67 bits per heavy atom. The minimum atomic E-state index is -0.190. The zero-order valence-electron chi connectivity index (χ0n) is 9.39. The van der Waals surface area contributed by atoms with Crippen molar-refractivity contribution >= 4 is 34.0 Å². The second kappa shape index (κ2) is 4.66. The quantitative estimate of drug-likeness (QED) is 0.938. The topological polar surface area (TPSA) is 54.9 Å². The predicted molar refractivity (Wildman–Crippen MR) is 71.3 cm³/mol. The first-order chi connectivity index (χ1) is 8.72. The summed E-state index contributed by atoms with van der Waals surface area (Å²) in [6.45, 7) is 0. The Bertz CT molecular complexity index is 577. The largest absolute Gasteiger partial charge is 0.296 e. The summed E-state index contributed by atoms with van der Waals surface area (Å²) in [6.07, 6.45) is 2.36. The Labute approximate surface area is 113 Å². The minimum absolute atomic E-state index is 0.190. The van der Waals surface area contributed by atoms with Gasteiger partial charge < -0.3 is 0 Å². The fourth-order valence-electron chi connectivity index (χ4n) is 1.55. The van der Waals surface area contributed by atoms with Gasteiger partial charge in [-0.1, -0.05) is 22.9 Å². The lowest BCUT2D eigenvalue weighted by atomic mass is 10.2. The normalized spacial score (nSPS) is 14.5. The van der Waals surface area contributed by atoms with E-state index in [-0.39, 0.29) is 5.91 Å². The third-order valence-electron chi connectivity index (χ3n) is 2.69. The molecule has 92 valence electrons. The van der Waals surface area contributed by atoms with Crippen LogP contribution in [0.15, 0.2) is 24.3 Å². The van der Waals surface area contributed by atoms with Gasteiger partial charge in [0.15, 0.2) is 0 Å². The number of anilines is 1. The van der Waals surface area contributed by atoms with E-state index in [1.165, 1.54) is 24.2 Å². The molecule has 1 fully saturated rings. The summed E-state index contributed by atoms with van der Waals surface area (Å²) in [6, 6.07) is 6.74. The van der Waals surface area contributed by atoms with E-state index in [4.69, 9.17) is 11.6 Å². The van der Waals surface area contributed by atoms with Gasteiger partial charge >= 0.3 is 0 Å². The van der Waals surface area contributed by atoms with Gasteiger partial charge in [0.05, 0.1) is 0 Å². The molecule has 2 aromatic rings. The molecule has 0 atom stereocenters. The molecule has 0 unspecified atom stereocenters. The summed E-state index contributed by atoms with van der Waals surface area (Å²) in [7, 11) is 0. The predicted octanol–water partition coefficient (Wildman–Crippen LogP) is 3.32. The van der Waals surface area contributed by atoms with Crippen LogP contribution in [0.4, 0.5) is 5.13 Å². The maximum atomic E-state index is 11.9. The monoisotopic (exact) mass is 279 g/mol. The average Bonchev–Trinajstić information content (AvgIpc) is 3.11. The molecule has 3 rings (SSSR count). The molecule has 1 heterocycles. The van der Waals surface area contributed by atoms with E-state index in [1.807, 2.05) is 0 Å². The second-order valence-electron chi connectivity index (χ2n) is 4.18. The van der Waals surface area contributed by atoms with Crippen LogP contribution in [0, 0.1) is 0 Å². The molecule has 0 bridgehead atoms. The smallest absolute Gasteiger partial charge is 0.257 e. The van der Waals surface area contributed by atoms with Gasteiger partial charge in [-0.05, 0) is 37.1 Å². The zero-order valence-corrected chi connectivity index (χ0v) is 11.0. The highest BCUT2D eigenvalue weighted by atomic mass is 35.5. The van der Waals surface area contributed by atoms with Gasteiger partial charge in [-0.15, -0.1) is 10.2 Å². The molecule has 1 N–H and O–H groups in total. The van der Waals surface area contributed by atoms with Crippen molar-refractivity contribution < 1.29 is 4.79 Å². The number of nitrogens with zero attached hydrogens (tertiary/aromatic N) is 2. The molecule has 18 heavy (non-hydrogen) atoms. The number of amides is 1. The third kappa shape index (κ3) is 2.52. The van der Waals surface area contributed by atoms with Crippen LogP contribution in [0.25, 0.3) is 0 Å². The van der Waals surface area contributed by atoms with Crippen molar-refractivity contribution in [3.05, 3.63) is 39.9 Å². The molecule has 0 radical (unpaired) electrons. The fraction of sp³-hybridized carbons (Fsp3) is 0.250. The van der Waals surface area contributed by atoms with Gasteiger partial charge in [-0.25, -0.2) is 0 Å². The number of halogens is 1. The molecule has 1 saturated carbocycles. The molecular formula is C12H10ClN3OS. The maximum absolute atomic E-state index is 11.9. The van der Waals surface area contributed by atoms with Crippen molar-refractivity contribution in [2.45, 2.75) is 18.8 Å². The van der Waals surface area contributed by atoms with Crippen molar-refractivity contribution in [2.24, 2.45) is 0 Å². The van der Waals surface area contributed by atoms with E-state index in [2.05, 4.69) is 15.5 Å². The number of hydrogen-bond donors (Lipinski definition) is 1. The highest BCUT2D eigenvalue weighted by molar-refractivity contribution is 7.15. The molecule has 1 aliphatic carbocycles. The number of carbonyl (C=O) groups excluding carboxylic acids is 1.